The van der Waals surface area contributed by atoms with Crippen molar-refractivity contribution < 1.29 is 0 Å². The molecular formula is C16H25N3. The number of nitrogens with one attached hydrogen (secondary N) is 2. The summed E-state index contributed by atoms with van der Waals surface area (Å²) in [4.78, 5) is 2.56. The van der Waals surface area contributed by atoms with Crippen LogP contribution in [0.2, 0.25) is 0 Å². The molecule has 1 saturated heterocycles. The second-order valence-corrected chi connectivity index (χ2v) is 5.93. The van der Waals surface area contributed by atoms with Gasteiger partial charge in [-0.25, -0.2) is 0 Å². The van der Waals surface area contributed by atoms with Gasteiger partial charge < -0.3 is 15.5 Å². The summed E-state index contributed by atoms with van der Waals surface area (Å²) in [7, 11) is 2.02. The molecule has 2 aliphatic heterocycles. The molecule has 2 N–H and O–H groups in total. The van der Waals surface area contributed by atoms with Gasteiger partial charge in [0.05, 0.1) is 0 Å². The molecule has 1 aromatic carbocycles. The van der Waals surface area contributed by atoms with E-state index >= 15 is 0 Å². The summed E-state index contributed by atoms with van der Waals surface area (Å²) < 4.78 is 0. The Morgan fingerprint density at radius 3 is 2.79 bits per heavy atom. The van der Waals surface area contributed by atoms with Crippen LogP contribution in [-0.4, -0.2) is 33.2 Å². The molecule has 0 amide bonds. The Balaban J connectivity index is 2.01. The molecule has 3 heteroatoms. The van der Waals surface area contributed by atoms with Crippen molar-refractivity contribution in [2.24, 2.45) is 0 Å². The van der Waals surface area contributed by atoms with E-state index in [-0.39, 0.29) is 0 Å². The van der Waals surface area contributed by atoms with Gasteiger partial charge >= 0.3 is 0 Å². The van der Waals surface area contributed by atoms with E-state index in [1.54, 1.807) is 5.56 Å². The minimum Gasteiger partial charge on any atom is -0.371 e. The average molecular weight is 259 g/mol. The quantitative estimate of drug-likeness (QED) is 0.868. The number of likely N-dealkylation sites (N-methyl/N-ethyl adjacent to an activating group) is 1. The van der Waals surface area contributed by atoms with Gasteiger partial charge in [-0.3, -0.25) is 0 Å². The Bertz CT molecular complexity index is 449. The van der Waals surface area contributed by atoms with E-state index < -0.39 is 0 Å². The van der Waals surface area contributed by atoms with Crippen molar-refractivity contribution in [1.29, 1.82) is 0 Å². The van der Waals surface area contributed by atoms with Crippen LogP contribution in [0.3, 0.4) is 0 Å². The number of hydrogen-bond donors (Lipinski definition) is 2. The molecule has 3 nitrogen and oxygen atoms in total. The molecule has 0 atom stereocenters. The van der Waals surface area contributed by atoms with E-state index in [1.165, 1.54) is 30.6 Å². The molecule has 1 fully saturated rings. The smallest absolute Gasteiger partial charge is 0.0405 e. The highest BCUT2D eigenvalue weighted by atomic mass is 15.2. The molecule has 0 radical (unpaired) electrons. The van der Waals surface area contributed by atoms with Crippen molar-refractivity contribution in [3.8, 4) is 0 Å². The zero-order valence-electron chi connectivity index (χ0n) is 12.1. The maximum absolute atomic E-state index is 3.51. The van der Waals surface area contributed by atoms with Crippen LogP contribution in [-0.2, 0) is 12.0 Å². The van der Waals surface area contributed by atoms with Crippen molar-refractivity contribution >= 4 is 5.69 Å². The van der Waals surface area contributed by atoms with Gasteiger partial charge in [0.25, 0.3) is 0 Å². The first-order chi connectivity index (χ1) is 9.29. The molecule has 19 heavy (non-hydrogen) atoms. The summed E-state index contributed by atoms with van der Waals surface area (Å²) in [5.41, 5.74) is 4.89. The highest BCUT2D eigenvalue weighted by Gasteiger charge is 2.42. The fourth-order valence-corrected chi connectivity index (χ4v) is 3.75. The van der Waals surface area contributed by atoms with Gasteiger partial charge in [-0.15, -0.1) is 0 Å². The van der Waals surface area contributed by atoms with Crippen LogP contribution >= 0.6 is 0 Å². The van der Waals surface area contributed by atoms with E-state index in [0.717, 1.165) is 26.2 Å². The van der Waals surface area contributed by atoms with Gasteiger partial charge in [-0.1, -0.05) is 12.1 Å². The van der Waals surface area contributed by atoms with Gasteiger partial charge in [0.1, 0.15) is 0 Å². The van der Waals surface area contributed by atoms with Crippen LogP contribution in [0.25, 0.3) is 0 Å². The minimum absolute atomic E-state index is 0.403. The number of rotatable bonds is 3. The van der Waals surface area contributed by atoms with E-state index in [4.69, 9.17) is 0 Å². The van der Waals surface area contributed by atoms with Crippen molar-refractivity contribution in [3.05, 3.63) is 29.3 Å². The lowest BCUT2D eigenvalue weighted by Gasteiger charge is -2.35. The first-order valence-electron chi connectivity index (χ1n) is 7.53. The maximum Gasteiger partial charge on any atom is 0.0405 e. The Kier molecular flexibility index (Phi) is 3.50. The Morgan fingerprint density at radius 1 is 1.32 bits per heavy atom. The summed E-state index contributed by atoms with van der Waals surface area (Å²) in [6.07, 6.45) is 2.55. The van der Waals surface area contributed by atoms with E-state index in [0.29, 0.717) is 5.41 Å². The van der Waals surface area contributed by atoms with Crippen molar-refractivity contribution in [3.63, 3.8) is 0 Å². The fraction of sp³-hybridized carbons (Fsp3) is 0.625. The zero-order valence-corrected chi connectivity index (χ0v) is 12.1. The molecule has 0 unspecified atom stereocenters. The predicted octanol–water partition coefficient (Wildman–Crippen LogP) is 1.87. The van der Waals surface area contributed by atoms with Crippen molar-refractivity contribution in [2.45, 2.75) is 31.7 Å². The normalized spacial score (nSPS) is 20.8. The first kappa shape index (κ1) is 12.9. The van der Waals surface area contributed by atoms with E-state index in [9.17, 15) is 0 Å². The molecular weight excluding hydrogens is 234 g/mol. The number of anilines is 1. The van der Waals surface area contributed by atoms with Crippen LogP contribution in [0.15, 0.2) is 18.2 Å². The number of nitrogens with zero attached hydrogens (tertiary/aromatic N) is 1. The minimum atomic E-state index is 0.403. The summed E-state index contributed by atoms with van der Waals surface area (Å²) in [6.45, 7) is 7.89. The Morgan fingerprint density at radius 2 is 2.11 bits per heavy atom. The van der Waals surface area contributed by atoms with Crippen LogP contribution in [0.4, 0.5) is 5.69 Å². The van der Waals surface area contributed by atoms with Crippen molar-refractivity contribution in [1.82, 2.24) is 10.6 Å². The maximum atomic E-state index is 3.51. The second-order valence-electron chi connectivity index (χ2n) is 5.93. The second kappa shape index (κ2) is 5.14. The molecule has 3 rings (SSSR count). The summed E-state index contributed by atoms with van der Waals surface area (Å²) in [6, 6.07) is 7.06. The van der Waals surface area contributed by atoms with Crippen LogP contribution in [0.5, 0.6) is 0 Å². The molecule has 1 aromatic rings. The number of piperidine rings is 1. The molecule has 0 bridgehead atoms. The highest BCUT2D eigenvalue weighted by molar-refractivity contribution is 5.64. The third kappa shape index (κ3) is 2.15. The Labute approximate surface area is 116 Å². The fourth-order valence-electron chi connectivity index (χ4n) is 3.75. The Hall–Kier alpha value is -1.06. The number of benzene rings is 1. The monoisotopic (exact) mass is 259 g/mol. The summed E-state index contributed by atoms with van der Waals surface area (Å²) in [5.74, 6) is 0. The SMILES string of the molecule is CCN1CC2(CCNCC2)c2cc(CNC)ccc21. The number of hydrogen-bond acceptors (Lipinski definition) is 3. The molecule has 104 valence electrons. The van der Waals surface area contributed by atoms with Crippen LogP contribution in [0, 0.1) is 0 Å². The lowest BCUT2D eigenvalue weighted by Crippen LogP contribution is -2.43. The summed E-state index contributed by atoms with van der Waals surface area (Å²) in [5, 5.41) is 6.77. The predicted molar refractivity (Wildman–Crippen MR) is 80.9 cm³/mol. The molecule has 0 aliphatic carbocycles. The molecule has 0 aromatic heterocycles. The summed E-state index contributed by atoms with van der Waals surface area (Å²) >= 11 is 0. The lowest BCUT2D eigenvalue weighted by molar-refractivity contribution is 0.326. The van der Waals surface area contributed by atoms with Gasteiger partial charge in [0.15, 0.2) is 0 Å². The van der Waals surface area contributed by atoms with E-state index in [2.05, 4.69) is 40.7 Å². The largest absolute Gasteiger partial charge is 0.371 e. The standard InChI is InChI=1S/C16H25N3/c1-3-19-12-16(6-8-18-9-7-16)14-10-13(11-17-2)4-5-15(14)19/h4-5,10,17-18H,3,6-9,11-12H2,1-2H3. The topological polar surface area (TPSA) is 27.3 Å². The third-order valence-electron chi connectivity index (χ3n) is 4.79. The van der Waals surface area contributed by atoms with Gasteiger partial charge in [0.2, 0.25) is 0 Å². The highest BCUT2D eigenvalue weighted by Crippen LogP contribution is 2.46. The first-order valence-corrected chi connectivity index (χ1v) is 7.53. The zero-order chi connectivity index (χ0) is 13.3. The van der Waals surface area contributed by atoms with Crippen LogP contribution < -0.4 is 15.5 Å². The van der Waals surface area contributed by atoms with Crippen LogP contribution in [0.1, 0.15) is 30.9 Å². The number of fused-ring (bicyclic) bond motifs is 2. The lowest BCUT2D eigenvalue weighted by atomic mass is 9.74. The van der Waals surface area contributed by atoms with Gasteiger partial charge in [0, 0.05) is 30.7 Å². The molecule has 1 spiro atoms. The molecule has 2 aliphatic rings. The third-order valence-corrected chi connectivity index (χ3v) is 4.79. The average Bonchev–Trinajstić information content (AvgIpc) is 2.74. The van der Waals surface area contributed by atoms with Gasteiger partial charge in [-0.2, -0.15) is 0 Å². The van der Waals surface area contributed by atoms with Gasteiger partial charge in [-0.05, 0) is 57.1 Å². The van der Waals surface area contributed by atoms with Crippen molar-refractivity contribution in [2.75, 3.05) is 38.1 Å². The molecule has 2 heterocycles. The van der Waals surface area contributed by atoms with E-state index in [1.807, 2.05) is 7.05 Å². The molecule has 0 saturated carbocycles.